The maximum atomic E-state index is 12.3. The molecule has 3 nitrogen and oxygen atoms in total. The first-order valence-corrected chi connectivity index (χ1v) is 6.91. The molecule has 0 radical (unpaired) electrons. The zero-order valence-electron chi connectivity index (χ0n) is 11.5. The summed E-state index contributed by atoms with van der Waals surface area (Å²) in [5, 5.41) is 0. The van der Waals surface area contributed by atoms with E-state index in [1.54, 1.807) is 0 Å². The van der Waals surface area contributed by atoms with Crippen LogP contribution in [0, 0.1) is 5.92 Å². The molecule has 116 valence electrons. The third-order valence-electron chi connectivity index (χ3n) is 3.74. The minimum Gasteiger partial charge on any atom is -0.437 e. The number of carbonyl (C=O) groups is 1. The van der Waals surface area contributed by atoms with E-state index in [1.807, 2.05) is 30.3 Å². The topological polar surface area (TPSA) is 52.3 Å². The van der Waals surface area contributed by atoms with Gasteiger partial charge in [0.15, 0.2) is 5.72 Å². The van der Waals surface area contributed by atoms with Crippen molar-refractivity contribution in [2.24, 2.45) is 11.7 Å². The van der Waals surface area contributed by atoms with Gasteiger partial charge in [0, 0.05) is 12.8 Å². The fourth-order valence-corrected chi connectivity index (χ4v) is 2.84. The monoisotopic (exact) mass is 301 g/mol. The zero-order chi connectivity index (χ0) is 15.5. The molecule has 0 unspecified atom stereocenters. The van der Waals surface area contributed by atoms with Gasteiger partial charge in [-0.15, -0.1) is 0 Å². The van der Waals surface area contributed by atoms with Crippen LogP contribution in [0.1, 0.15) is 31.2 Å². The molecule has 6 heteroatoms. The fourth-order valence-electron chi connectivity index (χ4n) is 2.84. The Labute approximate surface area is 121 Å². The number of esters is 1. The van der Waals surface area contributed by atoms with Crippen LogP contribution in [-0.4, -0.2) is 17.9 Å². The van der Waals surface area contributed by atoms with Gasteiger partial charge in [0.2, 0.25) is 0 Å². The van der Waals surface area contributed by atoms with E-state index >= 15 is 0 Å². The van der Waals surface area contributed by atoms with Gasteiger partial charge in [0.1, 0.15) is 0 Å². The lowest BCUT2D eigenvalue weighted by Gasteiger charge is -2.37. The van der Waals surface area contributed by atoms with Crippen molar-refractivity contribution in [3.05, 3.63) is 35.9 Å². The lowest BCUT2D eigenvalue weighted by molar-refractivity contribution is -0.217. The van der Waals surface area contributed by atoms with Gasteiger partial charge in [-0.25, -0.2) is 4.79 Å². The maximum absolute atomic E-state index is 12.3. The molecule has 0 bridgehead atoms. The second kappa shape index (κ2) is 6.05. The van der Waals surface area contributed by atoms with E-state index in [0.29, 0.717) is 6.42 Å². The van der Waals surface area contributed by atoms with Crippen molar-refractivity contribution >= 4 is 5.97 Å². The first-order valence-electron chi connectivity index (χ1n) is 6.91. The van der Waals surface area contributed by atoms with Crippen LogP contribution in [0.2, 0.25) is 0 Å². The molecule has 2 rings (SSSR count). The van der Waals surface area contributed by atoms with Crippen LogP contribution in [-0.2, 0) is 16.0 Å². The lowest BCUT2D eigenvalue weighted by Crippen LogP contribution is -2.50. The number of hydrogen-bond donors (Lipinski definition) is 1. The third-order valence-corrected chi connectivity index (χ3v) is 3.74. The Morgan fingerprint density at radius 2 is 2.00 bits per heavy atom. The molecule has 1 aromatic rings. The van der Waals surface area contributed by atoms with E-state index in [1.165, 1.54) is 0 Å². The third kappa shape index (κ3) is 4.46. The average molecular weight is 301 g/mol. The highest BCUT2D eigenvalue weighted by atomic mass is 19.4. The predicted octanol–water partition coefficient (Wildman–Crippen LogP) is 3.18. The van der Waals surface area contributed by atoms with Crippen LogP contribution in [0.4, 0.5) is 13.2 Å². The number of halogens is 3. The van der Waals surface area contributed by atoms with E-state index in [9.17, 15) is 18.0 Å². The number of hydrogen-bond acceptors (Lipinski definition) is 3. The second-order valence-electron chi connectivity index (χ2n) is 5.60. The first kappa shape index (κ1) is 15.8. The van der Waals surface area contributed by atoms with E-state index in [2.05, 4.69) is 4.74 Å². The van der Waals surface area contributed by atoms with Crippen LogP contribution in [0.15, 0.2) is 30.3 Å². The normalized spacial score (nSPS) is 26.4. The van der Waals surface area contributed by atoms with Crippen molar-refractivity contribution in [3.63, 3.8) is 0 Å². The summed E-state index contributed by atoms with van der Waals surface area (Å²) in [6.45, 7) is 0. The molecule has 1 fully saturated rings. The molecule has 0 saturated heterocycles. The molecule has 2 N–H and O–H groups in total. The molecule has 1 aliphatic carbocycles. The molecule has 2 atom stereocenters. The second-order valence-corrected chi connectivity index (χ2v) is 5.60. The summed E-state index contributed by atoms with van der Waals surface area (Å²) >= 11 is 0. The Morgan fingerprint density at radius 3 is 2.62 bits per heavy atom. The van der Waals surface area contributed by atoms with Gasteiger partial charge in [-0.3, -0.25) is 5.73 Å². The number of carbonyl (C=O) groups excluding carboxylic acids is 1. The van der Waals surface area contributed by atoms with Crippen molar-refractivity contribution in [2.75, 3.05) is 0 Å². The minimum atomic E-state index is -5.00. The van der Waals surface area contributed by atoms with Gasteiger partial charge in [-0.2, -0.15) is 13.2 Å². The summed E-state index contributed by atoms with van der Waals surface area (Å²) in [6, 6.07) is 9.67. The maximum Gasteiger partial charge on any atom is 0.490 e. The van der Waals surface area contributed by atoms with E-state index in [-0.39, 0.29) is 18.8 Å². The molecular weight excluding hydrogens is 283 g/mol. The summed E-state index contributed by atoms with van der Waals surface area (Å²) in [5.74, 6) is -2.09. The molecule has 0 aliphatic heterocycles. The smallest absolute Gasteiger partial charge is 0.437 e. The number of nitrogens with two attached hydrogens (primary N) is 1. The fraction of sp³-hybridized carbons (Fsp3) is 0.533. The Bertz CT molecular complexity index is 489. The molecule has 1 saturated carbocycles. The summed E-state index contributed by atoms with van der Waals surface area (Å²) in [4.78, 5) is 11.0. The van der Waals surface area contributed by atoms with E-state index < -0.39 is 17.9 Å². The largest absolute Gasteiger partial charge is 0.490 e. The zero-order valence-corrected chi connectivity index (χ0v) is 11.5. The van der Waals surface area contributed by atoms with Gasteiger partial charge in [0.25, 0.3) is 0 Å². The summed E-state index contributed by atoms with van der Waals surface area (Å²) in [7, 11) is 0. The number of alkyl halides is 3. The molecule has 21 heavy (non-hydrogen) atoms. The number of ether oxygens (including phenoxy) is 1. The highest BCUT2D eigenvalue weighted by molar-refractivity contribution is 5.76. The molecule has 1 aromatic carbocycles. The summed E-state index contributed by atoms with van der Waals surface area (Å²) < 4.78 is 41.4. The summed E-state index contributed by atoms with van der Waals surface area (Å²) in [6.07, 6.45) is -2.23. The highest BCUT2D eigenvalue weighted by Gasteiger charge is 2.46. The van der Waals surface area contributed by atoms with Crippen molar-refractivity contribution in [2.45, 2.75) is 44.0 Å². The highest BCUT2D eigenvalue weighted by Crippen LogP contribution is 2.35. The van der Waals surface area contributed by atoms with Gasteiger partial charge in [0.05, 0.1) is 0 Å². The van der Waals surface area contributed by atoms with Crippen molar-refractivity contribution < 1.29 is 22.7 Å². The Hall–Kier alpha value is -1.56. The molecule has 0 aromatic heterocycles. The Balaban J connectivity index is 1.98. The average Bonchev–Trinajstić information content (AvgIpc) is 2.38. The van der Waals surface area contributed by atoms with Crippen LogP contribution in [0.5, 0.6) is 0 Å². The minimum absolute atomic E-state index is 0.118. The van der Waals surface area contributed by atoms with Crippen LogP contribution in [0.3, 0.4) is 0 Å². The molecule has 0 amide bonds. The lowest BCUT2D eigenvalue weighted by atomic mass is 9.80. The predicted molar refractivity (Wildman–Crippen MR) is 71.2 cm³/mol. The van der Waals surface area contributed by atoms with Crippen molar-refractivity contribution in [1.29, 1.82) is 0 Å². The SMILES string of the molecule is N[C@@]1(OC(=O)C(F)(F)F)CCC[C@H](Cc2ccccc2)C1. The Morgan fingerprint density at radius 1 is 1.33 bits per heavy atom. The summed E-state index contributed by atoms with van der Waals surface area (Å²) in [5.41, 5.74) is 5.45. The standard InChI is InChI=1S/C15H18F3NO2/c16-15(17,18)13(20)21-14(19)8-4-7-12(10-14)9-11-5-2-1-3-6-11/h1-3,5-6,12H,4,7-10,19H2/t12-,14-/m1/s1. The quantitative estimate of drug-likeness (QED) is 0.689. The van der Waals surface area contributed by atoms with E-state index in [4.69, 9.17) is 5.73 Å². The molecule has 0 heterocycles. The van der Waals surface area contributed by atoms with E-state index in [0.717, 1.165) is 18.4 Å². The van der Waals surface area contributed by atoms with Crippen LogP contribution < -0.4 is 5.73 Å². The van der Waals surface area contributed by atoms with Gasteiger partial charge in [-0.05, 0) is 30.7 Å². The number of benzene rings is 1. The Kier molecular flexibility index (Phi) is 4.56. The number of rotatable bonds is 3. The molecular formula is C15H18F3NO2. The van der Waals surface area contributed by atoms with Crippen LogP contribution in [0.25, 0.3) is 0 Å². The van der Waals surface area contributed by atoms with Gasteiger partial charge >= 0.3 is 12.1 Å². The van der Waals surface area contributed by atoms with Gasteiger partial charge in [-0.1, -0.05) is 30.3 Å². The first-order chi connectivity index (χ1) is 9.78. The molecule has 0 spiro atoms. The van der Waals surface area contributed by atoms with Gasteiger partial charge < -0.3 is 4.74 Å². The van der Waals surface area contributed by atoms with Crippen molar-refractivity contribution in [1.82, 2.24) is 0 Å². The molecule has 1 aliphatic rings. The van der Waals surface area contributed by atoms with Crippen molar-refractivity contribution in [3.8, 4) is 0 Å². The van der Waals surface area contributed by atoms with Crippen LogP contribution >= 0.6 is 0 Å².